The lowest BCUT2D eigenvalue weighted by Crippen LogP contribution is -2.32. The average Bonchev–Trinajstić information content (AvgIpc) is 2.57. The number of hydrogen-bond acceptors (Lipinski definition) is 2. The number of carbonyl (C=O) groups is 1. The van der Waals surface area contributed by atoms with Crippen molar-refractivity contribution in [1.82, 2.24) is 4.90 Å². The van der Waals surface area contributed by atoms with Crippen molar-refractivity contribution in [2.24, 2.45) is 0 Å². The fourth-order valence-corrected chi connectivity index (χ4v) is 3.90. The van der Waals surface area contributed by atoms with Crippen molar-refractivity contribution in [1.29, 1.82) is 0 Å². The van der Waals surface area contributed by atoms with E-state index in [1.165, 1.54) is 22.9 Å². The maximum absolute atomic E-state index is 12.6. The second-order valence-corrected chi connectivity index (χ2v) is 6.99. The number of carbonyl (C=O) groups excluding carboxylic acids is 1. The van der Waals surface area contributed by atoms with E-state index in [1.54, 1.807) is 0 Å². The summed E-state index contributed by atoms with van der Waals surface area (Å²) in [6.07, 6.45) is 0. The molecule has 0 aromatic heterocycles. The van der Waals surface area contributed by atoms with E-state index in [1.807, 2.05) is 48.2 Å². The van der Waals surface area contributed by atoms with Crippen molar-refractivity contribution in [3.8, 4) is 0 Å². The molecule has 0 radical (unpaired) electrons. The van der Waals surface area contributed by atoms with Crippen LogP contribution >= 0.6 is 34.4 Å². The Morgan fingerprint density at radius 3 is 2.23 bits per heavy atom. The van der Waals surface area contributed by atoms with Crippen LogP contribution < -0.4 is 0 Å². The smallest absolute Gasteiger partial charge is 0.282 e. The van der Waals surface area contributed by atoms with Crippen LogP contribution in [0.1, 0.15) is 24.1 Å². The molecule has 0 saturated carbocycles. The SMILES string of the molecule is CCSC(=O)N(Cc1ccccc1)[C@@H](CI)c1ccccc1. The summed E-state index contributed by atoms with van der Waals surface area (Å²) in [7, 11) is 0. The van der Waals surface area contributed by atoms with E-state index >= 15 is 0 Å². The summed E-state index contributed by atoms with van der Waals surface area (Å²) in [6, 6.07) is 20.6. The van der Waals surface area contributed by atoms with Crippen molar-refractivity contribution >= 4 is 39.6 Å². The first-order chi connectivity index (χ1) is 10.8. The Balaban J connectivity index is 2.28. The number of rotatable bonds is 6. The van der Waals surface area contributed by atoms with Crippen molar-refractivity contribution < 1.29 is 4.79 Å². The molecule has 0 aliphatic carbocycles. The van der Waals surface area contributed by atoms with Gasteiger partial charge in [0.05, 0.1) is 6.04 Å². The number of benzene rings is 2. The molecule has 0 unspecified atom stereocenters. The van der Waals surface area contributed by atoms with Gasteiger partial charge in [0.15, 0.2) is 0 Å². The van der Waals surface area contributed by atoms with Crippen LogP contribution in [-0.2, 0) is 6.54 Å². The molecule has 116 valence electrons. The molecule has 0 spiro atoms. The highest BCUT2D eigenvalue weighted by Crippen LogP contribution is 2.28. The van der Waals surface area contributed by atoms with Crippen LogP contribution in [0.4, 0.5) is 4.79 Å². The van der Waals surface area contributed by atoms with Crippen LogP contribution in [0.25, 0.3) is 0 Å². The fraction of sp³-hybridized carbons (Fsp3) is 0.278. The van der Waals surface area contributed by atoms with Gasteiger partial charge in [-0.25, -0.2) is 0 Å². The van der Waals surface area contributed by atoms with Gasteiger partial charge in [-0.2, -0.15) is 0 Å². The molecule has 4 heteroatoms. The maximum atomic E-state index is 12.6. The third-order valence-electron chi connectivity index (χ3n) is 3.40. The van der Waals surface area contributed by atoms with Crippen molar-refractivity contribution in [3.63, 3.8) is 0 Å². The Kier molecular flexibility index (Phi) is 7.25. The third-order valence-corrected chi connectivity index (χ3v) is 5.01. The highest BCUT2D eigenvalue weighted by molar-refractivity contribution is 14.1. The minimum Gasteiger partial charge on any atom is -0.321 e. The van der Waals surface area contributed by atoms with E-state index in [0.29, 0.717) is 6.54 Å². The van der Waals surface area contributed by atoms with E-state index in [4.69, 9.17) is 0 Å². The molecule has 22 heavy (non-hydrogen) atoms. The third kappa shape index (κ3) is 4.74. The van der Waals surface area contributed by atoms with Crippen molar-refractivity contribution in [2.45, 2.75) is 19.5 Å². The zero-order chi connectivity index (χ0) is 15.8. The van der Waals surface area contributed by atoms with Gasteiger partial charge in [-0.3, -0.25) is 4.79 Å². The van der Waals surface area contributed by atoms with Gasteiger partial charge in [0.25, 0.3) is 5.24 Å². The number of halogens is 1. The molecule has 2 aromatic carbocycles. The van der Waals surface area contributed by atoms with Gasteiger partial charge in [-0.1, -0.05) is 102 Å². The number of alkyl halides is 1. The molecule has 0 fully saturated rings. The predicted molar refractivity (Wildman–Crippen MR) is 104 cm³/mol. The lowest BCUT2D eigenvalue weighted by atomic mass is 10.1. The molecule has 2 nitrogen and oxygen atoms in total. The molecule has 0 saturated heterocycles. The predicted octanol–water partition coefficient (Wildman–Crippen LogP) is 5.54. The van der Waals surface area contributed by atoms with Gasteiger partial charge in [-0.05, 0) is 16.9 Å². The lowest BCUT2D eigenvalue weighted by Gasteiger charge is -2.31. The van der Waals surface area contributed by atoms with Gasteiger partial charge in [0, 0.05) is 11.0 Å². The molecule has 1 atom stereocenters. The quantitative estimate of drug-likeness (QED) is 0.448. The van der Waals surface area contributed by atoms with Gasteiger partial charge < -0.3 is 4.90 Å². The first kappa shape index (κ1) is 17.3. The summed E-state index contributed by atoms with van der Waals surface area (Å²) in [6.45, 7) is 2.67. The molecule has 0 N–H and O–H groups in total. The number of thioether (sulfide) groups is 1. The summed E-state index contributed by atoms with van der Waals surface area (Å²) in [5.74, 6) is 0.798. The second-order valence-electron chi connectivity index (χ2n) is 4.89. The van der Waals surface area contributed by atoms with E-state index < -0.39 is 0 Å². The average molecular weight is 425 g/mol. The fourth-order valence-electron chi connectivity index (χ4n) is 2.32. The van der Waals surface area contributed by atoms with E-state index in [0.717, 1.165) is 10.2 Å². The first-order valence-corrected chi connectivity index (χ1v) is 9.85. The molecule has 1 amide bonds. The molecule has 0 aliphatic rings. The highest BCUT2D eigenvalue weighted by atomic mass is 127. The molecule has 0 bridgehead atoms. The van der Waals surface area contributed by atoms with E-state index in [9.17, 15) is 4.79 Å². The lowest BCUT2D eigenvalue weighted by molar-refractivity contribution is 0.203. The topological polar surface area (TPSA) is 20.3 Å². The summed E-state index contributed by atoms with van der Waals surface area (Å²) < 4.78 is 0.880. The Morgan fingerprint density at radius 1 is 1.09 bits per heavy atom. The van der Waals surface area contributed by atoms with Gasteiger partial charge in [-0.15, -0.1) is 0 Å². The number of amides is 1. The zero-order valence-electron chi connectivity index (χ0n) is 12.6. The van der Waals surface area contributed by atoms with Crippen LogP contribution in [0.5, 0.6) is 0 Å². The Morgan fingerprint density at radius 2 is 1.68 bits per heavy atom. The van der Waals surface area contributed by atoms with Gasteiger partial charge in [0.2, 0.25) is 0 Å². The second kappa shape index (κ2) is 9.20. The number of nitrogens with zero attached hydrogens (tertiary/aromatic N) is 1. The minimum atomic E-state index is 0.105. The Hall–Kier alpha value is -1.01. The summed E-state index contributed by atoms with van der Waals surface area (Å²) >= 11 is 3.75. The van der Waals surface area contributed by atoms with Crippen LogP contribution in [-0.4, -0.2) is 20.3 Å². The number of hydrogen-bond donors (Lipinski definition) is 0. The summed E-state index contributed by atoms with van der Waals surface area (Å²) in [5.41, 5.74) is 2.36. The molecule has 2 rings (SSSR count). The van der Waals surface area contributed by atoms with Crippen LogP contribution in [0, 0.1) is 0 Å². The monoisotopic (exact) mass is 425 g/mol. The molecular formula is C18H20INOS. The Bertz CT molecular complexity index is 576. The van der Waals surface area contributed by atoms with Crippen LogP contribution in [0.15, 0.2) is 60.7 Å². The van der Waals surface area contributed by atoms with E-state index in [2.05, 4.69) is 46.9 Å². The molecule has 2 aromatic rings. The normalized spacial score (nSPS) is 11.9. The van der Waals surface area contributed by atoms with Crippen LogP contribution in [0.3, 0.4) is 0 Å². The molecule has 0 aliphatic heterocycles. The van der Waals surface area contributed by atoms with Crippen LogP contribution in [0.2, 0.25) is 0 Å². The maximum Gasteiger partial charge on any atom is 0.282 e. The summed E-state index contributed by atoms with van der Waals surface area (Å²) in [4.78, 5) is 14.6. The van der Waals surface area contributed by atoms with E-state index in [-0.39, 0.29) is 11.3 Å². The largest absolute Gasteiger partial charge is 0.321 e. The van der Waals surface area contributed by atoms with Gasteiger partial charge >= 0.3 is 0 Å². The van der Waals surface area contributed by atoms with Gasteiger partial charge in [0.1, 0.15) is 0 Å². The minimum absolute atomic E-state index is 0.105. The molecule has 0 heterocycles. The zero-order valence-corrected chi connectivity index (χ0v) is 15.6. The molecular weight excluding hydrogens is 405 g/mol. The van der Waals surface area contributed by atoms with Crippen molar-refractivity contribution in [2.75, 3.05) is 10.2 Å². The van der Waals surface area contributed by atoms with Crippen molar-refractivity contribution in [3.05, 3.63) is 71.8 Å². The highest BCUT2D eigenvalue weighted by Gasteiger charge is 2.24. The summed E-state index contributed by atoms with van der Waals surface area (Å²) in [5, 5.41) is 0.150. The standard InChI is InChI=1S/C18H20INOS/c1-2-22-18(21)20(14-15-9-5-3-6-10-15)17(13-19)16-11-7-4-8-12-16/h3-12,17H,2,13-14H2,1H3/t17-/m0/s1. The first-order valence-electron chi connectivity index (χ1n) is 7.34. The Labute approximate surface area is 150 Å².